The van der Waals surface area contributed by atoms with Crippen molar-refractivity contribution in [3.8, 4) is 5.75 Å². The summed E-state index contributed by atoms with van der Waals surface area (Å²) < 4.78 is 5.71. The molecule has 0 saturated carbocycles. The monoisotopic (exact) mass is 345 g/mol. The molecule has 1 aliphatic rings. The molecule has 0 radical (unpaired) electrons. The Balaban J connectivity index is 1.69. The predicted molar refractivity (Wildman–Crippen MR) is 93.1 cm³/mol. The second kappa shape index (κ2) is 7.69. The van der Waals surface area contributed by atoms with Crippen LogP contribution in [-0.4, -0.2) is 17.6 Å². The molecule has 0 bridgehead atoms. The minimum absolute atomic E-state index is 0.0251. The summed E-state index contributed by atoms with van der Waals surface area (Å²) in [4.78, 5) is 12.4. The van der Waals surface area contributed by atoms with Crippen molar-refractivity contribution in [3.63, 3.8) is 0 Å². The van der Waals surface area contributed by atoms with Gasteiger partial charge in [0.25, 0.3) is 0 Å². The Kier molecular flexibility index (Phi) is 5.38. The van der Waals surface area contributed by atoms with Gasteiger partial charge in [-0.05, 0) is 24.5 Å². The standard InChI is InChI=1S/C19H20ClNO3/c20-15-9-4-8-14-16(10-5-11-24-19(14)15)21-18(23)12-17(22)13-6-2-1-3-7-13/h1-4,6-9,16-17,22H,5,10-12H2,(H,21,23). The molecule has 126 valence electrons. The van der Waals surface area contributed by atoms with E-state index in [1.54, 1.807) is 6.07 Å². The lowest BCUT2D eigenvalue weighted by Crippen LogP contribution is -2.29. The van der Waals surface area contributed by atoms with E-state index in [2.05, 4.69) is 5.32 Å². The summed E-state index contributed by atoms with van der Waals surface area (Å²) in [7, 11) is 0. The van der Waals surface area contributed by atoms with Gasteiger partial charge in [-0.25, -0.2) is 0 Å². The number of amides is 1. The Morgan fingerprint density at radius 3 is 2.83 bits per heavy atom. The molecule has 2 aromatic rings. The highest BCUT2D eigenvalue weighted by atomic mass is 35.5. The lowest BCUT2D eigenvalue weighted by molar-refractivity contribution is -0.123. The fraction of sp³-hybridized carbons (Fsp3) is 0.316. The molecular weight excluding hydrogens is 326 g/mol. The first-order valence-corrected chi connectivity index (χ1v) is 8.46. The van der Waals surface area contributed by atoms with E-state index < -0.39 is 6.10 Å². The smallest absolute Gasteiger partial charge is 0.223 e. The molecule has 4 nitrogen and oxygen atoms in total. The summed E-state index contributed by atoms with van der Waals surface area (Å²) in [5, 5.41) is 13.8. The molecule has 0 fully saturated rings. The van der Waals surface area contributed by atoms with Crippen LogP contribution in [-0.2, 0) is 4.79 Å². The van der Waals surface area contributed by atoms with Crippen LogP contribution < -0.4 is 10.1 Å². The van der Waals surface area contributed by atoms with Crippen molar-refractivity contribution in [2.75, 3.05) is 6.61 Å². The van der Waals surface area contributed by atoms with Gasteiger partial charge in [-0.3, -0.25) is 4.79 Å². The number of nitrogens with one attached hydrogen (secondary N) is 1. The summed E-state index contributed by atoms with van der Waals surface area (Å²) in [5.41, 5.74) is 1.63. The van der Waals surface area contributed by atoms with Crippen LogP contribution >= 0.6 is 11.6 Å². The molecule has 2 unspecified atom stereocenters. The molecule has 1 heterocycles. The molecule has 24 heavy (non-hydrogen) atoms. The topological polar surface area (TPSA) is 58.6 Å². The Hall–Kier alpha value is -2.04. The van der Waals surface area contributed by atoms with Crippen LogP contribution in [0.4, 0.5) is 0 Å². The maximum absolute atomic E-state index is 12.4. The molecule has 0 spiro atoms. The third kappa shape index (κ3) is 3.89. The Morgan fingerprint density at radius 2 is 2.04 bits per heavy atom. The maximum Gasteiger partial charge on any atom is 0.223 e. The zero-order valence-electron chi connectivity index (χ0n) is 13.2. The Labute approximate surface area is 146 Å². The number of para-hydroxylation sites is 1. The van der Waals surface area contributed by atoms with E-state index in [4.69, 9.17) is 16.3 Å². The second-order valence-electron chi connectivity index (χ2n) is 5.90. The molecule has 5 heteroatoms. The van der Waals surface area contributed by atoms with E-state index in [9.17, 15) is 9.90 Å². The lowest BCUT2D eigenvalue weighted by Gasteiger charge is -2.20. The first-order valence-electron chi connectivity index (χ1n) is 8.08. The average Bonchev–Trinajstić information content (AvgIpc) is 2.79. The zero-order valence-corrected chi connectivity index (χ0v) is 14.0. The second-order valence-corrected chi connectivity index (χ2v) is 6.31. The molecule has 1 aliphatic heterocycles. The quantitative estimate of drug-likeness (QED) is 0.886. The minimum Gasteiger partial charge on any atom is -0.492 e. The van der Waals surface area contributed by atoms with Crippen LogP contribution in [0.5, 0.6) is 5.75 Å². The maximum atomic E-state index is 12.4. The number of benzene rings is 2. The normalized spacial score (nSPS) is 18.0. The summed E-state index contributed by atoms with van der Waals surface area (Å²) >= 11 is 6.20. The summed E-state index contributed by atoms with van der Waals surface area (Å²) in [5.74, 6) is 0.453. The molecule has 0 saturated heterocycles. The summed E-state index contributed by atoms with van der Waals surface area (Å²) in [6, 6.07) is 14.6. The van der Waals surface area contributed by atoms with Gasteiger partial charge in [0.15, 0.2) is 0 Å². The van der Waals surface area contributed by atoms with Crippen molar-refractivity contribution in [1.82, 2.24) is 5.32 Å². The first-order chi connectivity index (χ1) is 11.6. The van der Waals surface area contributed by atoms with Crippen molar-refractivity contribution in [2.24, 2.45) is 0 Å². The average molecular weight is 346 g/mol. The van der Waals surface area contributed by atoms with Crippen LogP contribution in [0.15, 0.2) is 48.5 Å². The highest BCUT2D eigenvalue weighted by Crippen LogP contribution is 2.37. The first kappa shape index (κ1) is 16.8. The number of halogens is 1. The molecule has 0 aliphatic carbocycles. The van der Waals surface area contributed by atoms with Gasteiger partial charge in [-0.1, -0.05) is 54.1 Å². The van der Waals surface area contributed by atoms with Gasteiger partial charge in [0, 0.05) is 5.56 Å². The number of aliphatic hydroxyl groups excluding tert-OH is 1. The Bertz CT molecular complexity index is 705. The third-order valence-electron chi connectivity index (χ3n) is 4.15. The molecular formula is C19H20ClNO3. The van der Waals surface area contributed by atoms with Crippen molar-refractivity contribution < 1.29 is 14.6 Å². The minimum atomic E-state index is -0.813. The number of hydrogen-bond donors (Lipinski definition) is 2. The van der Waals surface area contributed by atoms with Crippen LogP contribution in [0, 0.1) is 0 Å². The SMILES string of the molecule is O=C(CC(O)c1ccccc1)NC1CCCOc2c(Cl)cccc21. The van der Waals surface area contributed by atoms with Gasteiger partial charge in [0.1, 0.15) is 5.75 Å². The van der Waals surface area contributed by atoms with E-state index >= 15 is 0 Å². The molecule has 2 atom stereocenters. The highest BCUT2D eigenvalue weighted by molar-refractivity contribution is 6.32. The highest BCUT2D eigenvalue weighted by Gasteiger charge is 2.24. The van der Waals surface area contributed by atoms with Gasteiger partial charge in [0.05, 0.1) is 30.2 Å². The van der Waals surface area contributed by atoms with E-state index in [-0.39, 0.29) is 18.4 Å². The van der Waals surface area contributed by atoms with Crippen molar-refractivity contribution >= 4 is 17.5 Å². The van der Waals surface area contributed by atoms with Gasteiger partial charge in [0.2, 0.25) is 5.91 Å². The number of fused-ring (bicyclic) bond motifs is 1. The van der Waals surface area contributed by atoms with E-state index in [0.29, 0.717) is 17.4 Å². The van der Waals surface area contributed by atoms with Gasteiger partial charge >= 0.3 is 0 Å². The number of rotatable bonds is 4. The number of hydrogen-bond acceptors (Lipinski definition) is 3. The van der Waals surface area contributed by atoms with Crippen molar-refractivity contribution in [1.29, 1.82) is 0 Å². The number of carbonyl (C=O) groups excluding carboxylic acids is 1. The van der Waals surface area contributed by atoms with Gasteiger partial charge < -0.3 is 15.2 Å². The Morgan fingerprint density at radius 1 is 1.25 bits per heavy atom. The number of aliphatic hydroxyl groups is 1. The van der Waals surface area contributed by atoms with Crippen molar-refractivity contribution in [3.05, 3.63) is 64.7 Å². The fourth-order valence-corrected chi connectivity index (χ4v) is 3.18. The van der Waals surface area contributed by atoms with Crippen LogP contribution in [0.3, 0.4) is 0 Å². The van der Waals surface area contributed by atoms with E-state index in [0.717, 1.165) is 24.0 Å². The van der Waals surface area contributed by atoms with Crippen molar-refractivity contribution in [2.45, 2.75) is 31.4 Å². The predicted octanol–water partition coefficient (Wildman–Crippen LogP) is 3.79. The molecule has 0 aromatic heterocycles. The summed E-state index contributed by atoms with van der Waals surface area (Å²) in [6.07, 6.45) is 0.821. The lowest BCUT2D eigenvalue weighted by atomic mass is 10.0. The van der Waals surface area contributed by atoms with Gasteiger partial charge in [-0.15, -0.1) is 0 Å². The van der Waals surface area contributed by atoms with Crippen LogP contribution in [0.2, 0.25) is 5.02 Å². The van der Waals surface area contributed by atoms with E-state index in [1.807, 2.05) is 42.5 Å². The zero-order chi connectivity index (χ0) is 16.9. The molecule has 1 amide bonds. The third-order valence-corrected chi connectivity index (χ3v) is 4.45. The number of carbonyl (C=O) groups is 1. The number of ether oxygens (including phenoxy) is 1. The van der Waals surface area contributed by atoms with Crippen LogP contribution in [0.1, 0.15) is 42.5 Å². The molecule has 2 aromatic carbocycles. The molecule has 3 rings (SSSR count). The fourth-order valence-electron chi connectivity index (χ4n) is 2.94. The largest absolute Gasteiger partial charge is 0.492 e. The van der Waals surface area contributed by atoms with Gasteiger partial charge in [-0.2, -0.15) is 0 Å². The van der Waals surface area contributed by atoms with Crippen LogP contribution in [0.25, 0.3) is 0 Å². The van der Waals surface area contributed by atoms with E-state index in [1.165, 1.54) is 0 Å². The summed E-state index contributed by atoms with van der Waals surface area (Å²) in [6.45, 7) is 0.579. The molecule has 2 N–H and O–H groups in total.